The topological polar surface area (TPSA) is 49.4 Å². The van der Waals surface area contributed by atoms with Crippen LogP contribution >= 0.6 is 11.8 Å². The number of halogens is 1. The molecule has 35 heavy (non-hydrogen) atoms. The lowest BCUT2D eigenvalue weighted by Gasteiger charge is -2.31. The van der Waals surface area contributed by atoms with Crippen LogP contribution in [0.25, 0.3) is 0 Å². The molecule has 0 aromatic heterocycles. The van der Waals surface area contributed by atoms with Gasteiger partial charge in [0.1, 0.15) is 11.9 Å². The number of hydrogen-bond acceptors (Lipinski definition) is 3. The Morgan fingerprint density at radius 1 is 0.914 bits per heavy atom. The van der Waals surface area contributed by atoms with E-state index in [1.165, 1.54) is 29.5 Å². The zero-order chi connectivity index (χ0) is 25.0. The zero-order valence-corrected chi connectivity index (χ0v) is 21.2. The van der Waals surface area contributed by atoms with E-state index in [4.69, 9.17) is 0 Å². The molecule has 0 heterocycles. The van der Waals surface area contributed by atoms with Gasteiger partial charge in [0.2, 0.25) is 11.8 Å². The molecule has 0 fully saturated rings. The molecule has 3 aromatic rings. The van der Waals surface area contributed by atoms with E-state index in [0.29, 0.717) is 18.7 Å². The van der Waals surface area contributed by atoms with E-state index >= 15 is 0 Å². The third-order valence-corrected chi connectivity index (χ3v) is 6.69. The zero-order valence-electron chi connectivity index (χ0n) is 20.4. The summed E-state index contributed by atoms with van der Waals surface area (Å²) in [4.78, 5) is 28.4. The van der Waals surface area contributed by atoms with Crippen molar-refractivity contribution in [2.24, 2.45) is 0 Å². The number of nitrogens with one attached hydrogen (secondary N) is 1. The molecule has 0 unspecified atom stereocenters. The second kappa shape index (κ2) is 13.7. The van der Waals surface area contributed by atoms with Crippen LogP contribution in [-0.2, 0) is 28.3 Å². The van der Waals surface area contributed by atoms with Gasteiger partial charge < -0.3 is 10.2 Å². The van der Waals surface area contributed by atoms with Crippen molar-refractivity contribution in [1.82, 2.24) is 10.2 Å². The van der Waals surface area contributed by atoms with Gasteiger partial charge in [0.25, 0.3) is 0 Å². The van der Waals surface area contributed by atoms with Crippen LogP contribution < -0.4 is 5.32 Å². The fourth-order valence-corrected chi connectivity index (χ4v) is 4.60. The summed E-state index contributed by atoms with van der Waals surface area (Å²) in [7, 11) is 0. The van der Waals surface area contributed by atoms with Crippen molar-refractivity contribution in [3.05, 3.63) is 107 Å². The summed E-state index contributed by atoms with van der Waals surface area (Å²) in [5.74, 6) is 0.346. The Morgan fingerprint density at radius 2 is 1.57 bits per heavy atom. The third-order valence-electron chi connectivity index (χ3n) is 5.70. The molecular formula is C29H33FN2O2S. The Kier molecular flexibility index (Phi) is 10.4. The average Bonchev–Trinajstić information content (AvgIpc) is 2.87. The van der Waals surface area contributed by atoms with Gasteiger partial charge in [0, 0.05) is 25.3 Å². The molecule has 0 saturated carbocycles. The Labute approximate surface area is 211 Å². The molecule has 4 nitrogen and oxygen atoms in total. The fraction of sp³-hybridized carbons (Fsp3) is 0.310. The number of rotatable bonds is 12. The highest BCUT2D eigenvalue weighted by Crippen LogP contribution is 2.19. The van der Waals surface area contributed by atoms with E-state index in [2.05, 4.69) is 29.6 Å². The van der Waals surface area contributed by atoms with Gasteiger partial charge in [-0.3, -0.25) is 9.59 Å². The monoisotopic (exact) mass is 492 g/mol. The normalized spacial score (nSPS) is 11.6. The maximum atomic E-state index is 13.5. The second-order valence-electron chi connectivity index (χ2n) is 8.62. The lowest BCUT2D eigenvalue weighted by atomic mass is 10.0. The largest absolute Gasteiger partial charge is 0.354 e. The van der Waals surface area contributed by atoms with Crippen LogP contribution in [0.1, 0.15) is 35.6 Å². The number of carbonyl (C=O) groups is 2. The standard InChI is InChI=1S/C29H33FN2O2S/c1-3-17-31-29(34)27(18-23-7-5-4-6-8-23)32(19-24-13-15-26(30)16-14-24)28(33)21-35-20-25-11-9-22(2)10-12-25/h4-16,27H,3,17-21H2,1-2H3,(H,31,34)/t27-/m0/s1. The number of nitrogens with zero attached hydrogens (tertiary/aromatic N) is 1. The second-order valence-corrected chi connectivity index (χ2v) is 9.61. The van der Waals surface area contributed by atoms with Gasteiger partial charge in [0.05, 0.1) is 5.75 Å². The average molecular weight is 493 g/mol. The summed E-state index contributed by atoms with van der Waals surface area (Å²) >= 11 is 1.53. The molecule has 0 saturated heterocycles. The van der Waals surface area contributed by atoms with Crippen molar-refractivity contribution < 1.29 is 14.0 Å². The highest BCUT2D eigenvalue weighted by atomic mass is 32.2. The molecule has 0 aliphatic rings. The number of thioether (sulfide) groups is 1. The van der Waals surface area contributed by atoms with Crippen LogP contribution in [0.3, 0.4) is 0 Å². The summed E-state index contributed by atoms with van der Waals surface area (Å²) in [6.45, 7) is 4.83. The number of hydrogen-bond donors (Lipinski definition) is 1. The lowest BCUT2D eigenvalue weighted by molar-refractivity contribution is -0.139. The number of carbonyl (C=O) groups excluding carboxylic acids is 2. The highest BCUT2D eigenvalue weighted by molar-refractivity contribution is 7.99. The lowest BCUT2D eigenvalue weighted by Crippen LogP contribution is -2.51. The molecule has 0 spiro atoms. The van der Waals surface area contributed by atoms with Gasteiger partial charge in [-0.2, -0.15) is 0 Å². The Bertz CT molecular complexity index is 1070. The van der Waals surface area contributed by atoms with Crippen molar-refractivity contribution in [3.8, 4) is 0 Å². The first kappa shape index (κ1) is 26.5. The van der Waals surface area contributed by atoms with Gasteiger partial charge in [-0.05, 0) is 42.2 Å². The van der Waals surface area contributed by atoms with Crippen LogP contribution in [0.4, 0.5) is 4.39 Å². The first-order valence-electron chi connectivity index (χ1n) is 11.9. The van der Waals surface area contributed by atoms with Crippen molar-refractivity contribution >= 4 is 23.6 Å². The first-order chi connectivity index (χ1) is 17.0. The molecule has 0 bridgehead atoms. The molecule has 6 heteroatoms. The van der Waals surface area contributed by atoms with Gasteiger partial charge in [-0.15, -0.1) is 11.8 Å². The summed E-state index contributed by atoms with van der Waals surface area (Å²) < 4.78 is 13.5. The van der Waals surface area contributed by atoms with Gasteiger partial charge >= 0.3 is 0 Å². The van der Waals surface area contributed by atoms with Crippen LogP contribution in [0.15, 0.2) is 78.9 Å². The SMILES string of the molecule is CCCNC(=O)[C@H](Cc1ccccc1)N(Cc1ccc(F)cc1)C(=O)CSCc1ccc(C)cc1. The molecule has 2 amide bonds. The minimum Gasteiger partial charge on any atom is -0.354 e. The highest BCUT2D eigenvalue weighted by Gasteiger charge is 2.30. The molecule has 1 atom stereocenters. The first-order valence-corrected chi connectivity index (χ1v) is 13.1. The minimum atomic E-state index is -0.665. The molecule has 1 N–H and O–H groups in total. The molecule has 3 aromatic carbocycles. The molecule has 0 aliphatic heterocycles. The van der Waals surface area contributed by atoms with Crippen molar-refractivity contribution in [1.29, 1.82) is 0 Å². The quantitative estimate of drug-likeness (QED) is 0.362. The van der Waals surface area contributed by atoms with Crippen molar-refractivity contribution in [2.75, 3.05) is 12.3 Å². The van der Waals surface area contributed by atoms with E-state index < -0.39 is 6.04 Å². The third kappa shape index (κ3) is 8.55. The predicted molar refractivity (Wildman–Crippen MR) is 142 cm³/mol. The minimum absolute atomic E-state index is 0.112. The van der Waals surface area contributed by atoms with Crippen molar-refractivity contribution in [2.45, 2.75) is 45.0 Å². The van der Waals surface area contributed by atoms with Gasteiger partial charge in [-0.25, -0.2) is 4.39 Å². The van der Waals surface area contributed by atoms with E-state index in [-0.39, 0.29) is 29.9 Å². The van der Waals surface area contributed by atoms with Crippen LogP contribution in [0.5, 0.6) is 0 Å². The van der Waals surface area contributed by atoms with Crippen LogP contribution in [0, 0.1) is 12.7 Å². The molecule has 0 aliphatic carbocycles. The smallest absolute Gasteiger partial charge is 0.243 e. The summed E-state index contributed by atoms with van der Waals surface area (Å²) in [6.07, 6.45) is 1.22. The number of aryl methyl sites for hydroxylation is 1. The van der Waals surface area contributed by atoms with Gasteiger partial charge in [0.15, 0.2) is 0 Å². The summed E-state index contributed by atoms with van der Waals surface area (Å²) in [5, 5.41) is 2.97. The van der Waals surface area contributed by atoms with Gasteiger partial charge in [-0.1, -0.05) is 79.2 Å². The Hall–Kier alpha value is -3.12. The van der Waals surface area contributed by atoms with E-state index in [1.807, 2.05) is 44.2 Å². The van der Waals surface area contributed by atoms with Crippen LogP contribution in [0.2, 0.25) is 0 Å². The van der Waals surface area contributed by atoms with E-state index in [9.17, 15) is 14.0 Å². The molecule has 184 valence electrons. The number of amides is 2. The fourth-order valence-electron chi connectivity index (χ4n) is 3.73. The number of benzene rings is 3. The Morgan fingerprint density at radius 3 is 2.23 bits per heavy atom. The molecular weight excluding hydrogens is 459 g/mol. The maximum Gasteiger partial charge on any atom is 0.243 e. The molecule has 0 radical (unpaired) electrons. The van der Waals surface area contributed by atoms with Crippen molar-refractivity contribution in [3.63, 3.8) is 0 Å². The molecule has 3 rings (SSSR count). The maximum absolute atomic E-state index is 13.5. The Balaban J connectivity index is 1.81. The summed E-state index contributed by atoms with van der Waals surface area (Å²) in [5.41, 5.74) is 4.11. The van der Waals surface area contributed by atoms with E-state index in [0.717, 1.165) is 23.1 Å². The van der Waals surface area contributed by atoms with Crippen LogP contribution in [-0.4, -0.2) is 35.1 Å². The predicted octanol–water partition coefficient (Wildman–Crippen LogP) is 5.53. The van der Waals surface area contributed by atoms with E-state index in [1.54, 1.807) is 17.0 Å². The summed E-state index contributed by atoms with van der Waals surface area (Å²) in [6, 6.07) is 23.4.